The SMILES string of the molecule is NC(=O)CCCNC(=O)C(OCC(F)(F)F)c1ccccc1. The second-order valence-electron chi connectivity index (χ2n) is 4.58. The van der Waals surface area contributed by atoms with Gasteiger partial charge in [0.2, 0.25) is 5.91 Å². The van der Waals surface area contributed by atoms with Gasteiger partial charge < -0.3 is 15.8 Å². The molecule has 122 valence electrons. The Morgan fingerprint density at radius 1 is 1.23 bits per heavy atom. The summed E-state index contributed by atoms with van der Waals surface area (Å²) in [7, 11) is 0. The predicted octanol–water partition coefficient (Wildman–Crippen LogP) is 1.69. The average molecular weight is 318 g/mol. The Morgan fingerprint density at radius 3 is 2.41 bits per heavy atom. The summed E-state index contributed by atoms with van der Waals surface area (Å²) < 4.78 is 41.6. The third-order valence-electron chi connectivity index (χ3n) is 2.65. The van der Waals surface area contributed by atoms with Gasteiger partial charge in [-0.05, 0) is 12.0 Å². The fourth-order valence-corrected chi connectivity index (χ4v) is 1.70. The number of primary amides is 1. The van der Waals surface area contributed by atoms with Crippen molar-refractivity contribution in [3.63, 3.8) is 0 Å². The van der Waals surface area contributed by atoms with Crippen molar-refractivity contribution >= 4 is 11.8 Å². The highest BCUT2D eigenvalue weighted by atomic mass is 19.4. The van der Waals surface area contributed by atoms with Gasteiger partial charge in [-0.15, -0.1) is 0 Å². The second kappa shape index (κ2) is 8.38. The minimum absolute atomic E-state index is 0.0830. The van der Waals surface area contributed by atoms with Crippen LogP contribution in [0.4, 0.5) is 13.2 Å². The monoisotopic (exact) mass is 318 g/mol. The maximum Gasteiger partial charge on any atom is 0.411 e. The van der Waals surface area contributed by atoms with Gasteiger partial charge in [0, 0.05) is 13.0 Å². The van der Waals surface area contributed by atoms with Crippen molar-refractivity contribution in [2.24, 2.45) is 5.73 Å². The molecule has 0 saturated heterocycles. The first kappa shape index (κ1) is 18.0. The molecule has 0 aromatic heterocycles. The summed E-state index contributed by atoms with van der Waals surface area (Å²) in [6.45, 7) is -1.40. The zero-order valence-electron chi connectivity index (χ0n) is 11.7. The van der Waals surface area contributed by atoms with E-state index in [1.807, 2.05) is 0 Å². The van der Waals surface area contributed by atoms with E-state index in [-0.39, 0.29) is 13.0 Å². The number of hydrogen-bond donors (Lipinski definition) is 2. The summed E-state index contributed by atoms with van der Waals surface area (Å²) in [5.74, 6) is -1.21. The molecule has 1 aromatic rings. The summed E-state index contributed by atoms with van der Waals surface area (Å²) in [5.41, 5.74) is 5.27. The molecule has 3 N–H and O–H groups in total. The molecule has 1 unspecified atom stereocenters. The number of amides is 2. The molecule has 5 nitrogen and oxygen atoms in total. The van der Waals surface area contributed by atoms with Gasteiger partial charge in [-0.25, -0.2) is 0 Å². The molecule has 2 amide bonds. The van der Waals surface area contributed by atoms with Gasteiger partial charge in [0.05, 0.1) is 0 Å². The molecule has 0 fully saturated rings. The van der Waals surface area contributed by atoms with Crippen molar-refractivity contribution in [2.45, 2.75) is 25.1 Å². The maximum absolute atomic E-state index is 12.3. The highest BCUT2D eigenvalue weighted by Gasteiger charge is 2.32. The average Bonchev–Trinajstić information content (AvgIpc) is 2.43. The molecule has 1 rings (SSSR count). The molecule has 0 bridgehead atoms. The fourth-order valence-electron chi connectivity index (χ4n) is 1.70. The molecule has 1 aromatic carbocycles. The summed E-state index contributed by atoms with van der Waals surface area (Å²) in [6, 6.07) is 7.88. The molecule has 0 spiro atoms. The Bertz CT molecular complexity index is 492. The van der Waals surface area contributed by atoms with Crippen LogP contribution in [0.15, 0.2) is 30.3 Å². The predicted molar refractivity (Wildman–Crippen MR) is 72.6 cm³/mol. The van der Waals surface area contributed by atoms with Gasteiger partial charge in [-0.2, -0.15) is 13.2 Å². The summed E-state index contributed by atoms with van der Waals surface area (Å²) in [6.07, 6.45) is -5.50. The first-order chi connectivity index (χ1) is 10.3. The van der Waals surface area contributed by atoms with E-state index in [1.165, 1.54) is 12.1 Å². The minimum Gasteiger partial charge on any atom is -0.370 e. The van der Waals surface area contributed by atoms with E-state index in [0.717, 1.165) is 0 Å². The van der Waals surface area contributed by atoms with E-state index in [2.05, 4.69) is 5.32 Å². The quantitative estimate of drug-likeness (QED) is 0.716. The number of nitrogens with two attached hydrogens (primary N) is 1. The van der Waals surface area contributed by atoms with Crippen LogP contribution >= 0.6 is 0 Å². The van der Waals surface area contributed by atoms with Gasteiger partial charge in [0.1, 0.15) is 6.61 Å². The molecule has 1 atom stereocenters. The zero-order chi connectivity index (χ0) is 16.6. The van der Waals surface area contributed by atoms with Crippen LogP contribution in [-0.2, 0) is 14.3 Å². The molecule has 0 aliphatic heterocycles. The number of ether oxygens (including phenoxy) is 1. The lowest BCUT2D eigenvalue weighted by atomic mass is 10.1. The molecule has 22 heavy (non-hydrogen) atoms. The van der Waals surface area contributed by atoms with Crippen molar-refractivity contribution < 1.29 is 27.5 Å². The van der Waals surface area contributed by atoms with Gasteiger partial charge in [-0.1, -0.05) is 30.3 Å². The standard InChI is InChI=1S/C14H17F3N2O3/c15-14(16,17)9-22-12(10-5-2-1-3-6-10)13(21)19-8-4-7-11(18)20/h1-3,5-6,12H,4,7-9H2,(H2,18,20)(H,19,21). The minimum atomic E-state index is -4.53. The van der Waals surface area contributed by atoms with Crippen LogP contribution in [0.1, 0.15) is 24.5 Å². The Kier molecular flexibility index (Phi) is 6.84. The fraction of sp³-hybridized carbons (Fsp3) is 0.429. The molecular weight excluding hydrogens is 301 g/mol. The number of alkyl halides is 3. The van der Waals surface area contributed by atoms with Crippen LogP contribution in [0.2, 0.25) is 0 Å². The van der Waals surface area contributed by atoms with Gasteiger partial charge in [0.15, 0.2) is 6.10 Å². The van der Waals surface area contributed by atoms with Crippen molar-refractivity contribution in [1.29, 1.82) is 0 Å². The normalized spacial score (nSPS) is 12.7. The third-order valence-corrected chi connectivity index (χ3v) is 2.65. The van der Waals surface area contributed by atoms with Gasteiger partial charge in [0.25, 0.3) is 5.91 Å². The molecule has 8 heteroatoms. The first-order valence-electron chi connectivity index (χ1n) is 6.59. The Morgan fingerprint density at radius 2 is 1.86 bits per heavy atom. The summed E-state index contributed by atoms with van der Waals surface area (Å²) in [4.78, 5) is 22.6. The van der Waals surface area contributed by atoms with Crippen LogP contribution in [0.3, 0.4) is 0 Å². The lowest BCUT2D eigenvalue weighted by Gasteiger charge is -2.19. The highest BCUT2D eigenvalue weighted by molar-refractivity contribution is 5.82. The number of carbonyl (C=O) groups excluding carboxylic acids is 2. The molecule has 0 heterocycles. The third kappa shape index (κ3) is 7.07. The van der Waals surface area contributed by atoms with Crippen LogP contribution in [0.5, 0.6) is 0 Å². The Balaban J connectivity index is 2.64. The maximum atomic E-state index is 12.3. The largest absolute Gasteiger partial charge is 0.411 e. The molecular formula is C14H17F3N2O3. The van der Waals surface area contributed by atoms with E-state index in [1.54, 1.807) is 18.2 Å². The van der Waals surface area contributed by atoms with E-state index in [0.29, 0.717) is 12.0 Å². The van der Waals surface area contributed by atoms with Crippen LogP contribution in [-0.4, -0.2) is 31.1 Å². The van der Waals surface area contributed by atoms with Crippen molar-refractivity contribution in [3.05, 3.63) is 35.9 Å². The van der Waals surface area contributed by atoms with Crippen LogP contribution in [0, 0.1) is 0 Å². The number of benzene rings is 1. The van der Waals surface area contributed by atoms with Crippen molar-refractivity contribution in [3.8, 4) is 0 Å². The smallest absolute Gasteiger partial charge is 0.370 e. The summed E-state index contributed by atoms with van der Waals surface area (Å²) in [5, 5.41) is 2.43. The van der Waals surface area contributed by atoms with E-state index in [4.69, 9.17) is 10.5 Å². The summed E-state index contributed by atoms with van der Waals surface area (Å²) >= 11 is 0. The van der Waals surface area contributed by atoms with E-state index in [9.17, 15) is 22.8 Å². The van der Waals surface area contributed by atoms with Crippen LogP contribution < -0.4 is 11.1 Å². The van der Waals surface area contributed by atoms with Crippen molar-refractivity contribution in [2.75, 3.05) is 13.2 Å². The first-order valence-corrected chi connectivity index (χ1v) is 6.59. The zero-order valence-corrected chi connectivity index (χ0v) is 11.7. The highest BCUT2D eigenvalue weighted by Crippen LogP contribution is 2.22. The second-order valence-corrected chi connectivity index (χ2v) is 4.58. The molecule has 0 aliphatic carbocycles. The van der Waals surface area contributed by atoms with Gasteiger partial charge in [-0.3, -0.25) is 9.59 Å². The van der Waals surface area contributed by atoms with Gasteiger partial charge >= 0.3 is 6.18 Å². The van der Waals surface area contributed by atoms with Crippen LogP contribution in [0.25, 0.3) is 0 Å². The van der Waals surface area contributed by atoms with Crippen molar-refractivity contribution in [1.82, 2.24) is 5.32 Å². The van der Waals surface area contributed by atoms with E-state index >= 15 is 0 Å². The molecule has 0 radical (unpaired) electrons. The number of rotatable bonds is 8. The number of hydrogen-bond acceptors (Lipinski definition) is 3. The number of carbonyl (C=O) groups is 2. The Hall–Kier alpha value is -2.09. The topological polar surface area (TPSA) is 81.4 Å². The molecule has 0 aliphatic rings. The molecule has 0 saturated carbocycles. The van der Waals surface area contributed by atoms with E-state index < -0.39 is 30.7 Å². The Labute approximate surface area is 125 Å². The lowest BCUT2D eigenvalue weighted by Crippen LogP contribution is -2.34. The lowest BCUT2D eigenvalue weighted by molar-refractivity contribution is -0.188. The number of nitrogens with one attached hydrogen (secondary N) is 1. The number of halogens is 3.